The molecule has 0 saturated carbocycles. The van der Waals surface area contributed by atoms with E-state index in [1.165, 1.54) is 23.3 Å². The molecule has 0 aliphatic carbocycles. The van der Waals surface area contributed by atoms with Crippen molar-refractivity contribution in [2.75, 3.05) is 33.9 Å². The first-order valence-corrected chi connectivity index (χ1v) is 10.0. The first-order valence-electron chi connectivity index (χ1n) is 10.0. The Kier molecular flexibility index (Phi) is 7.31. The molecule has 1 saturated heterocycles. The molecule has 2 aromatic rings. The first-order chi connectivity index (χ1) is 13.7. The summed E-state index contributed by atoms with van der Waals surface area (Å²) in [7, 11) is 3.23. The second-order valence-corrected chi connectivity index (χ2v) is 7.53. The lowest BCUT2D eigenvalue weighted by atomic mass is 9.90. The van der Waals surface area contributed by atoms with E-state index >= 15 is 0 Å². The summed E-state index contributed by atoms with van der Waals surface area (Å²) >= 11 is 0. The fourth-order valence-electron chi connectivity index (χ4n) is 3.89. The van der Waals surface area contributed by atoms with Crippen molar-refractivity contribution >= 4 is 5.91 Å². The second kappa shape index (κ2) is 10.1. The largest absolute Gasteiger partial charge is 0.493 e. The average Bonchev–Trinajstić information content (AvgIpc) is 2.74. The Morgan fingerprint density at radius 3 is 2.39 bits per heavy atom. The van der Waals surface area contributed by atoms with Gasteiger partial charge in [0.25, 0.3) is 5.91 Å². The Morgan fingerprint density at radius 2 is 1.71 bits per heavy atom. The highest BCUT2D eigenvalue weighted by Gasteiger charge is 2.24. The summed E-state index contributed by atoms with van der Waals surface area (Å²) in [5, 5.41) is 3.03. The van der Waals surface area contributed by atoms with E-state index < -0.39 is 0 Å². The number of carbonyl (C=O) groups excluding carboxylic acids is 1. The van der Waals surface area contributed by atoms with Gasteiger partial charge in [-0.2, -0.15) is 0 Å². The summed E-state index contributed by atoms with van der Waals surface area (Å²) in [5.74, 6) is 2.22. The van der Waals surface area contributed by atoms with Gasteiger partial charge in [0.1, 0.15) is 0 Å². The molecule has 1 fully saturated rings. The number of benzene rings is 2. The number of amides is 1. The summed E-state index contributed by atoms with van der Waals surface area (Å²) in [4.78, 5) is 13.7. The normalized spacial score (nSPS) is 19.1. The van der Waals surface area contributed by atoms with Crippen molar-refractivity contribution in [2.24, 2.45) is 5.92 Å². The summed E-state index contributed by atoms with van der Waals surface area (Å²) in [5.41, 5.74) is 2.42. The highest BCUT2D eigenvalue weighted by atomic mass is 16.5. The maximum Gasteiger partial charge on any atom is 0.275 e. The average molecular weight is 384 g/mol. The number of methoxy groups -OCH3 is 2. The molecular formula is C23H31N2O3+. The van der Waals surface area contributed by atoms with Gasteiger partial charge in [0.05, 0.1) is 27.3 Å². The quantitative estimate of drug-likeness (QED) is 0.732. The van der Waals surface area contributed by atoms with E-state index in [1.54, 1.807) is 14.2 Å². The van der Waals surface area contributed by atoms with Gasteiger partial charge in [-0.05, 0) is 48.4 Å². The Morgan fingerprint density at radius 1 is 1.00 bits per heavy atom. The summed E-state index contributed by atoms with van der Waals surface area (Å²) in [6.45, 7) is 3.19. The Bertz CT molecular complexity index is 756. The number of rotatable bonds is 8. The predicted octanol–water partition coefficient (Wildman–Crippen LogP) is 1.86. The number of likely N-dealkylation sites (tertiary alicyclic amines) is 1. The van der Waals surface area contributed by atoms with Gasteiger partial charge >= 0.3 is 0 Å². The van der Waals surface area contributed by atoms with Crippen LogP contribution in [0.4, 0.5) is 0 Å². The second-order valence-electron chi connectivity index (χ2n) is 7.53. The van der Waals surface area contributed by atoms with Crippen LogP contribution in [-0.4, -0.2) is 39.8 Å². The maximum atomic E-state index is 12.3. The third-order valence-corrected chi connectivity index (χ3v) is 5.53. The molecule has 5 heteroatoms. The number of ether oxygens (including phenoxy) is 2. The van der Waals surface area contributed by atoms with Crippen molar-refractivity contribution in [3.05, 3.63) is 59.7 Å². The third-order valence-electron chi connectivity index (χ3n) is 5.53. The lowest BCUT2D eigenvalue weighted by molar-refractivity contribution is -0.898. The molecule has 2 aromatic carbocycles. The molecule has 0 radical (unpaired) electrons. The monoisotopic (exact) mass is 383 g/mol. The molecule has 150 valence electrons. The van der Waals surface area contributed by atoms with Gasteiger partial charge < -0.3 is 19.7 Å². The lowest BCUT2D eigenvalue weighted by Crippen LogP contribution is -3.14. The SMILES string of the molecule is COc1ccc(CNC(=O)C[NH+]2CCC(Cc3ccccc3)CC2)cc1OC. The number of hydrogen-bond acceptors (Lipinski definition) is 3. The minimum Gasteiger partial charge on any atom is -0.493 e. The topological polar surface area (TPSA) is 52.0 Å². The van der Waals surface area contributed by atoms with Crippen molar-refractivity contribution < 1.29 is 19.2 Å². The van der Waals surface area contributed by atoms with Crippen LogP contribution in [0.2, 0.25) is 0 Å². The highest BCUT2D eigenvalue weighted by molar-refractivity contribution is 5.76. The Labute approximate surface area is 167 Å². The lowest BCUT2D eigenvalue weighted by Gasteiger charge is -2.29. The van der Waals surface area contributed by atoms with Crippen molar-refractivity contribution in [3.8, 4) is 11.5 Å². The third kappa shape index (κ3) is 5.73. The first kappa shape index (κ1) is 20.2. The van der Waals surface area contributed by atoms with E-state index in [1.807, 2.05) is 18.2 Å². The number of nitrogens with one attached hydrogen (secondary N) is 2. The van der Waals surface area contributed by atoms with Crippen LogP contribution in [0.3, 0.4) is 0 Å². The van der Waals surface area contributed by atoms with Crippen molar-refractivity contribution in [3.63, 3.8) is 0 Å². The summed E-state index contributed by atoms with van der Waals surface area (Å²) in [6.07, 6.45) is 3.53. The number of quaternary nitrogens is 1. The molecule has 1 amide bonds. The van der Waals surface area contributed by atoms with Crippen LogP contribution in [0, 0.1) is 5.92 Å². The van der Waals surface area contributed by atoms with E-state index in [4.69, 9.17) is 9.47 Å². The summed E-state index contributed by atoms with van der Waals surface area (Å²) < 4.78 is 10.6. The highest BCUT2D eigenvalue weighted by Crippen LogP contribution is 2.27. The van der Waals surface area contributed by atoms with Gasteiger partial charge in [0, 0.05) is 6.54 Å². The van der Waals surface area contributed by atoms with E-state index in [-0.39, 0.29) is 5.91 Å². The molecule has 28 heavy (non-hydrogen) atoms. The van der Waals surface area contributed by atoms with Crippen LogP contribution in [0.25, 0.3) is 0 Å². The van der Waals surface area contributed by atoms with Crippen LogP contribution in [0.5, 0.6) is 11.5 Å². The number of carbonyl (C=O) groups is 1. The minimum absolute atomic E-state index is 0.103. The van der Waals surface area contributed by atoms with Crippen molar-refractivity contribution in [1.82, 2.24) is 5.32 Å². The van der Waals surface area contributed by atoms with Gasteiger partial charge in [0.2, 0.25) is 0 Å². The molecule has 0 bridgehead atoms. The maximum absolute atomic E-state index is 12.3. The molecule has 3 rings (SSSR count). The molecule has 2 N–H and O–H groups in total. The van der Waals surface area contributed by atoms with Gasteiger partial charge in [-0.15, -0.1) is 0 Å². The fourth-order valence-corrected chi connectivity index (χ4v) is 3.89. The van der Waals surface area contributed by atoms with Gasteiger partial charge in [-0.25, -0.2) is 0 Å². The fraction of sp³-hybridized carbons (Fsp3) is 0.435. The molecular weight excluding hydrogens is 352 g/mol. The van der Waals surface area contributed by atoms with Crippen LogP contribution in [0.15, 0.2) is 48.5 Å². The standard InChI is InChI=1S/C23H30N2O3/c1-27-21-9-8-20(15-22(21)28-2)16-24-23(26)17-25-12-10-19(11-13-25)14-18-6-4-3-5-7-18/h3-9,15,19H,10-14,16-17H2,1-2H3,(H,24,26)/p+1. The number of piperidine rings is 1. The van der Waals surface area contributed by atoms with Gasteiger partial charge in [-0.3, -0.25) is 4.79 Å². The van der Waals surface area contributed by atoms with E-state index in [0.29, 0.717) is 24.6 Å². The molecule has 5 nitrogen and oxygen atoms in total. The molecule has 0 aromatic heterocycles. The zero-order valence-corrected chi connectivity index (χ0v) is 16.9. The van der Waals surface area contributed by atoms with Crippen LogP contribution in [-0.2, 0) is 17.8 Å². The van der Waals surface area contributed by atoms with Crippen molar-refractivity contribution in [1.29, 1.82) is 0 Å². The molecule has 1 heterocycles. The summed E-state index contributed by atoms with van der Waals surface area (Å²) in [6, 6.07) is 16.4. The molecule has 0 spiro atoms. The van der Waals surface area contributed by atoms with Gasteiger partial charge in [0.15, 0.2) is 18.0 Å². The predicted molar refractivity (Wildman–Crippen MR) is 110 cm³/mol. The zero-order chi connectivity index (χ0) is 19.8. The minimum atomic E-state index is 0.103. The molecule has 1 aliphatic rings. The van der Waals surface area contributed by atoms with Gasteiger partial charge in [-0.1, -0.05) is 36.4 Å². The zero-order valence-electron chi connectivity index (χ0n) is 16.9. The van der Waals surface area contributed by atoms with Crippen molar-refractivity contribution in [2.45, 2.75) is 25.8 Å². The van der Waals surface area contributed by atoms with Crippen LogP contribution < -0.4 is 19.7 Å². The van der Waals surface area contributed by atoms with Crippen LogP contribution in [0.1, 0.15) is 24.0 Å². The Balaban J connectivity index is 1.40. The molecule has 0 atom stereocenters. The number of hydrogen-bond donors (Lipinski definition) is 2. The molecule has 0 unspecified atom stereocenters. The molecule has 1 aliphatic heterocycles. The van der Waals surface area contributed by atoms with E-state index in [0.717, 1.165) is 31.0 Å². The van der Waals surface area contributed by atoms with Crippen LogP contribution >= 0.6 is 0 Å². The smallest absolute Gasteiger partial charge is 0.275 e. The van der Waals surface area contributed by atoms with E-state index in [9.17, 15) is 4.79 Å². The van der Waals surface area contributed by atoms with E-state index in [2.05, 4.69) is 35.6 Å². The Hall–Kier alpha value is -2.53.